The van der Waals surface area contributed by atoms with E-state index in [0.29, 0.717) is 16.5 Å². The van der Waals surface area contributed by atoms with E-state index in [0.717, 1.165) is 11.8 Å². The Morgan fingerprint density at radius 2 is 2.12 bits per heavy atom. The highest BCUT2D eigenvalue weighted by atomic mass is 35.5. The fourth-order valence-electron chi connectivity index (χ4n) is 1.73. The number of carbonyl (C=O) groups excluding carboxylic acids is 1. The number of nitrogens with one attached hydrogen (secondary N) is 2. The van der Waals surface area contributed by atoms with Crippen molar-refractivity contribution in [1.82, 2.24) is 4.72 Å². The number of nitrogens with zero attached hydrogens (tertiary/aromatic N) is 1. The molecule has 0 bridgehead atoms. The van der Waals surface area contributed by atoms with Crippen molar-refractivity contribution >= 4 is 62.7 Å². The molecule has 2 rings (SSSR count). The molecule has 0 fully saturated rings. The Morgan fingerprint density at radius 3 is 2.72 bits per heavy atom. The molecule has 0 aromatic heterocycles. The number of amidine groups is 1. The van der Waals surface area contributed by atoms with Crippen LogP contribution >= 0.6 is 35.0 Å². The number of rotatable bonds is 7. The first-order valence-corrected chi connectivity index (χ1v) is 10.3. The van der Waals surface area contributed by atoms with Crippen LogP contribution in [0.25, 0.3) is 0 Å². The SMILES string of the molecule is CC(C)Oc1cc(NC(=O)CSCC2=NOS(=O)(=O)N2)c(Cl)cc1Cl. The van der Waals surface area contributed by atoms with E-state index in [-0.39, 0.29) is 34.4 Å². The third-order valence-corrected chi connectivity index (χ3v) is 4.93. The lowest BCUT2D eigenvalue weighted by Gasteiger charge is -2.14. The van der Waals surface area contributed by atoms with Gasteiger partial charge in [0, 0.05) is 6.07 Å². The first-order chi connectivity index (χ1) is 11.7. The topological polar surface area (TPSA) is 106 Å². The van der Waals surface area contributed by atoms with Crippen LogP contribution in [0.5, 0.6) is 5.75 Å². The molecule has 1 heterocycles. The van der Waals surface area contributed by atoms with Crippen LogP contribution in [0.15, 0.2) is 17.3 Å². The molecule has 0 radical (unpaired) electrons. The molecule has 0 unspecified atom stereocenters. The largest absolute Gasteiger partial charge is 0.489 e. The second kappa shape index (κ2) is 8.35. The van der Waals surface area contributed by atoms with Gasteiger partial charge >= 0.3 is 10.3 Å². The van der Waals surface area contributed by atoms with E-state index in [1.54, 1.807) is 6.07 Å². The third-order valence-electron chi connectivity index (χ3n) is 2.62. The molecule has 0 saturated carbocycles. The number of halogens is 2. The fraction of sp³-hybridized carbons (Fsp3) is 0.385. The van der Waals surface area contributed by atoms with Gasteiger partial charge in [-0.3, -0.25) is 9.08 Å². The second-order valence-corrected chi connectivity index (χ2v) is 8.20. The van der Waals surface area contributed by atoms with Gasteiger partial charge in [-0.2, -0.15) is 8.42 Å². The number of hydrogen-bond acceptors (Lipinski definition) is 7. The molecule has 0 saturated heterocycles. The van der Waals surface area contributed by atoms with Crippen LogP contribution in [-0.2, 0) is 19.4 Å². The molecule has 25 heavy (non-hydrogen) atoms. The number of oxime groups is 1. The molecule has 1 aliphatic rings. The summed E-state index contributed by atoms with van der Waals surface area (Å²) in [6, 6.07) is 3.04. The van der Waals surface area contributed by atoms with Crippen molar-refractivity contribution in [3.05, 3.63) is 22.2 Å². The molecule has 138 valence electrons. The van der Waals surface area contributed by atoms with Gasteiger partial charge in [0.2, 0.25) is 5.91 Å². The van der Waals surface area contributed by atoms with Gasteiger partial charge in [0.05, 0.1) is 33.3 Å². The Labute approximate surface area is 159 Å². The number of hydrogen-bond donors (Lipinski definition) is 2. The molecule has 1 amide bonds. The minimum absolute atomic E-state index is 0.0556. The smallest absolute Gasteiger partial charge is 0.428 e. The normalized spacial score (nSPS) is 15.3. The minimum atomic E-state index is -3.83. The molecule has 1 aromatic carbocycles. The van der Waals surface area contributed by atoms with E-state index in [4.69, 9.17) is 27.9 Å². The zero-order valence-corrected chi connectivity index (χ0v) is 16.4. The first kappa shape index (κ1) is 20.0. The van der Waals surface area contributed by atoms with E-state index in [1.807, 2.05) is 13.8 Å². The van der Waals surface area contributed by atoms with Gasteiger partial charge in [0.15, 0.2) is 5.84 Å². The zero-order valence-electron chi connectivity index (χ0n) is 13.2. The van der Waals surface area contributed by atoms with Crippen LogP contribution in [0.1, 0.15) is 13.8 Å². The highest BCUT2D eigenvalue weighted by Crippen LogP contribution is 2.34. The summed E-state index contributed by atoms with van der Waals surface area (Å²) in [6.45, 7) is 3.70. The summed E-state index contributed by atoms with van der Waals surface area (Å²) >= 11 is 13.3. The highest BCUT2D eigenvalue weighted by molar-refractivity contribution is 8.00. The maximum atomic E-state index is 12.0. The molecular weight excluding hydrogens is 413 g/mol. The number of amides is 1. The predicted octanol–water partition coefficient (Wildman–Crippen LogP) is 2.63. The lowest BCUT2D eigenvalue weighted by Crippen LogP contribution is -2.26. The van der Waals surface area contributed by atoms with E-state index in [9.17, 15) is 13.2 Å². The Balaban J connectivity index is 1.90. The molecule has 0 atom stereocenters. The summed E-state index contributed by atoms with van der Waals surface area (Å²) in [6.07, 6.45) is -0.0871. The van der Waals surface area contributed by atoms with Gasteiger partial charge in [-0.15, -0.1) is 11.8 Å². The van der Waals surface area contributed by atoms with Crippen LogP contribution < -0.4 is 14.8 Å². The van der Waals surface area contributed by atoms with Gasteiger partial charge in [0.1, 0.15) is 5.75 Å². The Hall–Kier alpha value is -1.36. The maximum Gasteiger partial charge on any atom is 0.428 e. The summed E-state index contributed by atoms with van der Waals surface area (Å²) in [4.78, 5) is 12.0. The number of anilines is 1. The Morgan fingerprint density at radius 1 is 1.40 bits per heavy atom. The third kappa shape index (κ3) is 6.14. The van der Waals surface area contributed by atoms with Crippen LogP contribution in [0, 0.1) is 0 Å². The molecule has 0 spiro atoms. The molecule has 1 aromatic rings. The van der Waals surface area contributed by atoms with Gasteiger partial charge in [0.25, 0.3) is 0 Å². The van der Waals surface area contributed by atoms with Crippen LogP contribution in [0.2, 0.25) is 10.0 Å². The van der Waals surface area contributed by atoms with E-state index in [2.05, 4.69) is 19.5 Å². The fourth-order valence-corrected chi connectivity index (χ4v) is 3.59. The van der Waals surface area contributed by atoms with E-state index >= 15 is 0 Å². The molecule has 2 N–H and O–H groups in total. The van der Waals surface area contributed by atoms with E-state index < -0.39 is 10.3 Å². The minimum Gasteiger partial charge on any atom is -0.489 e. The summed E-state index contributed by atoms with van der Waals surface area (Å²) < 4.78 is 33.8. The van der Waals surface area contributed by atoms with Gasteiger partial charge in [-0.05, 0) is 25.1 Å². The van der Waals surface area contributed by atoms with Crippen molar-refractivity contribution in [2.24, 2.45) is 5.16 Å². The van der Waals surface area contributed by atoms with Crippen molar-refractivity contribution in [3.8, 4) is 5.75 Å². The maximum absolute atomic E-state index is 12.0. The summed E-state index contributed by atoms with van der Waals surface area (Å²) in [7, 11) is -3.83. The molecular formula is C13H15Cl2N3O5S2. The van der Waals surface area contributed by atoms with Crippen molar-refractivity contribution in [1.29, 1.82) is 0 Å². The van der Waals surface area contributed by atoms with Crippen molar-refractivity contribution in [2.75, 3.05) is 16.8 Å². The van der Waals surface area contributed by atoms with Gasteiger partial charge < -0.3 is 10.1 Å². The molecule has 1 aliphatic heterocycles. The summed E-state index contributed by atoms with van der Waals surface area (Å²) in [5, 5.41) is 6.62. The lowest BCUT2D eigenvalue weighted by atomic mass is 10.3. The zero-order chi connectivity index (χ0) is 18.6. The van der Waals surface area contributed by atoms with Crippen molar-refractivity contribution in [3.63, 3.8) is 0 Å². The highest BCUT2D eigenvalue weighted by Gasteiger charge is 2.22. The summed E-state index contributed by atoms with van der Waals surface area (Å²) in [5.74, 6) is 0.431. The standard InChI is InChI=1S/C13H15Cl2N3O5S2/c1-7(2)22-11-4-10(8(14)3-9(11)15)16-13(19)6-24-5-12-17-23-25(20,21)18-12/h3-4,7H,5-6H2,1-2H3,(H,16,19)(H,17,18). The van der Waals surface area contributed by atoms with Crippen LogP contribution in [-0.4, -0.2) is 37.8 Å². The number of thioether (sulfide) groups is 1. The van der Waals surface area contributed by atoms with Crippen molar-refractivity contribution in [2.45, 2.75) is 20.0 Å². The van der Waals surface area contributed by atoms with Gasteiger partial charge in [-0.25, -0.2) is 4.72 Å². The van der Waals surface area contributed by atoms with Crippen LogP contribution in [0.4, 0.5) is 5.69 Å². The Kier molecular flexibility index (Phi) is 6.66. The average molecular weight is 428 g/mol. The number of carbonyl (C=O) groups is 1. The number of benzene rings is 1. The average Bonchev–Trinajstić information content (AvgIpc) is 2.83. The summed E-state index contributed by atoms with van der Waals surface area (Å²) in [5.41, 5.74) is 0.370. The van der Waals surface area contributed by atoms with E-state index in [1.165, 1.54) is 6.07 Å². The van der Waals surface area contributed by atoms with Gasteiger partial charge in [-0.1, -0.05) is 23.2 Å². The number of ether oxygens (including phenoxy) is 1. The Bertz CT molecular complexity index is 799. The first-order valence-electron chi connectivity index (χ1n) is 6.98. The molecule has 0 aliphatic carbocycles. The van der Waals surface area contributed by atoms with Crippen molar-refractivity contribution < 1.29 is 22.2 Å². The monoisotopic (exact) mass is 427 g/mol. The predicted molar refractivity (Wildman–Crippen MR) is 98.8 cm³/mol. The lowest BCUT2D eigenvalue weighted by molar-refractivity contribution is -0.113. The second-order valence-electron chi connectivity index (χ2n) is 5.14. The molecule has 12 heteroatoms. The van der Waals surface area contributed by atoms with Crippen LogP contribution in [0.3, 0.4) is 0 Å². The molecule has 8 nitrogen and oxygen atoms in total. The quantitative estimate of drug-likeness (QED) is 0.692.